The van der Waals surface area contributed by atoms with Crippen LogP contribution in [0.15, 0.2) is 20.9 Å². The molecule has 0 saturated heterocycles. The van der Waals surface area contributed by atoms with Crippen molar-refractivity contribution < 1.29 is 0 Å². The maximum atomic E-state index is 3.49. The first-order chi connectivity index (χ1) is 4.38. The van der Waals surface area contributed by atoms with E-state index in [-0.39, 0.29) is 0 Å². The van der Waals surface area contributed by atoms with Crippen LogP contribution in [0.5, 0.6) is 0 Å². The van der Waals surface area contributed by atoms with Crippen molar-refractivity contribution in [2.45, 2.75) is 0 Å². The summed E-state index contributed by atoms with van der Waals surface area (Å²) in [6, 6.07) is 2.20. The van der Waals surface area contributed by atoms with Crippen molar-refractivity contribution in [3.05, 3.63) is 20.9 Å². The first kappa shape index (κ1) is 6.17. The van der Waals surface area contributed by atoms with Gasteiger partial charge in [-0.1, -0.05) is 0 Å². The van der Waals surface area contributed by atoms with E-state index < -0.39 is 0 Å². The summed E-state index contributed by atoms with van der Waals surface area (Å²) in [5.74, 6) is 0. The number of rotatable bonds is 0. The van der Waals surface area contributed by atoms with Gasteiger partial charge in [0.1, 0.15) is 0 Å². The Morgan fingerprint density at radius 3 is 3.22 bits per heavy atom. The van der Waals surface area contributed by atoms with Crippen LogP contribution in [0.2, 0.25) is 0 Å². The fraction of sp³-hybridized carbons (Fsp3) is 0. The van der Waals surface area contributed by atoms with E-state index in [0.29, 0.717) is 14.5 Å². The maximum absolute atomic E-state index is 3.49. The number of hydrogen-bond donors (Lipinski definition) is 0. The van der Waals surface area contributed by atoms with Gasteiger partial charge >= 0.3 is 71.6 Å². The molecule has 0 aromatic carbocycles. The zero-order chi connectivity index (χ0) is 6.27. The molecule has 9 heavy (non-hydrogen) atoms. The minimum atomic E-state index is 0.631. The fourth-order valence-electron chi connectivity index (χ4n) is 0.732. The normalized spacial score (nSPS) is 10.8. The number of halogens is 1. The molecular formula is C6H3BrSSe. The molecule has 0 spiro atoms. The summed E-state index contributed by atoms with van der Waals surface area (Å²) in [7, 11) is 0. The average molecular weight is 266 g/mol. The molecule has 0 unspecified atom stereocenters. The summed E-state index contributed by atoms with van der Waals surface area (Å²) in [4.78, 5) is 2.26. The van der Waals surface area contributed by atoms with Gasteiger partial charge in [0.25, 0.3) is 0 Å². The monoisotopic (exact) mass is 266 g/mol. The Morgan fingerprint density at radius 1 is 1.56 bits per heavy atom. The van der Waals surface area contributed by atoms with Crippen LogP contribution < -0.4 is 0 Å². The molecule has 0 atom stereocenters. The molecule has 0 amide bonds. The van der Waals surface area contributed by atoms with Crippen molar-refractivity contribution >= 4 is 50.7 Å². The topological polar surface area (TPSA) is 0 Å². The molecule has 0 saturated carbocycles. The first-order valence-electron chi connectivity index (χ1n) is 2.48. The van der Waals surface area contributed by atoms with E-state index in [1.54, 1.807) is 3.57 Å². The van der Waals surface area contributed by atoms with Crippen molar-refractivity contribution in [3.8, 4) is 0 Å². The molecule has 0 nitrogen and oxygen atoms in total. The molecular weight excluding hydrogens is 263 g/mol. The van der Waals surface area contributed by atoms with Gasteiger partial charge in [0.05, 0.1) is 0 Å². The first-order valence-corrected chi connectivity index (χ1v) is 6.00. The summed E-state index contributed by atoms with van der Waals surface area (Å²) in [6.07, 6.45) is 0. The van der Waals surface area contributed by atoms with Crippen molar-refractivity contribution in [1.82, 2.24) is 0 Å². The van der Waals surface area contributed by atoms with Crippen LogP contribution in [0.1, 0.15) is 0 Å². The van der Waals surface area contributed by atoms with Gasteiger partial charge in [-0.15, -0.1) is 0 Å². The summed E-state index contributed by atoms with van der Waals surface area (Å²) in [5, 5.41) is 3.58. The van der Waals surface area contributed by atoms with Crippen LogP contribution in [-0.2, 0) is 0 Å². The quantitative estimate of drug-likeness (QED) is 0.643. The van der Waals surface area contributed by atoms with Gasteiger partial charge < -0.3 is 0 Å². The Balaban J connectivity index is 2.99. The second-order valence-electron chi connectivity index (χ2n) is 1.71. The molecule has 0 N–H and O–H groups in total. The van der Waals surface area contributed by atoms with Crippen LogP contribution in [-0.4, -0.2) is 14.5 Å². The van der Waals surface area contributed by atoms with Gasteiger partial charge in [-0.3, -0.25) is 0 Å². The predicted molar refractivity (Wildman–Crippen MR) is 46.5 cm³/mol. The van der Waals surface area contributed by atoms with Gasteiger partial charge in [-0.2, -0.15) is 0 Å². The summed E-state index contributed by atoms with van der Waals surface area (Å²) in [6.45, 7) is 0. The van der Waals surface area contributed by atoms with E-state index in [4.69, 9.17) is 0 Å². The van der Waals surface area contributed by atoms with E-state index in [1.165, 1.54) is 9.86 Å². The van der Waals surface area contributed by atoms with E-state index in [1.807, 2.05) is 11.3 Å². The van der Waals surface area contributed by atoms with Crippen LogP contribution in [0.25, 0.3) is 8.96 Å². The fourth-order valence-corrected chi connectivity index (χ4v) is 4.74. The van der Waals surface area contributed by atoms with Crippen molar-refractivity contribution in [2.24, 2.45) is 0 Å². The minimum absolute atomic E-state index is 0.631. The van der Waals surface area contributed by atoms with Gasteiger partial charge in [0, 0.05) is 0 Å². The van der Waals surface area contributed by atoms with Crippen LogP contribution in [0.3, 0.4) is 0 Å². The Hall–Kier alpha value is 0.439. The van der Waals surface area contributed by atoms with E-state index in [0.717, 1.165) is 0 Å². The van der Waals surface area contributed by atoms with Crippen LogP contribution >= 0.6 is 27.3 Å². The third-order valence-electron chi connectivity index (χ3n) is 1.16. The summed E-state index contributed by atoms with van der Waals surface area (Å²) in [5.41, 5.74) is 0. The zero-order valence-electron chi connectivity index (χ0n) is 4.43. The second kappa shape index (κ2) is 2.24. The molecule has 0 aliphatic rings. The Morgan fingerprint density at radius 2 is 2.44 bits per heavy atom. The molecule has 0 bridgehead atoms. The number of fused-ring (bicyclic) bond motifs is 1. The summed E-state index contributed by atoms with van der Waals surface area (Å²) < 4.78 is 2.81. The second-order valence-corrected chi connectivity index (χ2v) is 5.94. The van der Waals surface area contributed by atoms with E-state index >= 15 is 0 Å². The molecule has 46 valence electrons. The summed E-state index contributed by atoms with van der Waals surface area (Å²) >= 11 is 5.97. The predicted octanol–water partition coefficient (Wildman–Crippen LogP) is 2.72. The Kier molecular flexibility index (Phi) is 1.54. The zero-order valence-corrected chi connectivity index (χ0v) is 8.54. The molecule has 0 fully saturated rings. The molecule has 2 rings (SSSR count). The van der Waals surface area contributed by atoms with Gasteiger partial charge in [-0.25, -0.2) is 0 Å². The third-order valence-corrected chi connectivity index (χ3v) is 5.49. The van der Waals surface area contributed by atoms with E-state index in [9.17, 15) is 0 Å². The van der Waals surface area contributed by atoms with Gasteiger partial charge in [0.2, 0.25) is 0 Å². The van der Waals surface area contributed by atoms with Crippen LogP contribution in [0.4, 0.5) is 0 Å². The van der Waals surface area contributed by atoms with Gasteiger partial charge in [0.15, 0.2) is 0 Å². The Bertz CT molecular complexity index is 322. The molecule has 0 radical (unpaired) electrons. The molecule has 2 aromatic heterocycles. The molecule has 3 heteroatoms. The standard InChI is InChI=1S/C6H3BrSSe/c7-5-3-8-6-4(5)1-2-9-6/h1-3H. The van der Waals surface area contributed by atoms with Gasteiger partial charge in [-0.05, 0) is 0 Å². The average Bonchev–Trinajstić information content (AvgIpc) is 2.35. The number of hydrogen-bond acceptors (Lipinski definition) is 1. The van der Waals surface area contributed by atoms with E-state index in [2.05, 4.69) is 32.3 Å². The molecule has 2 aromatic rings. The molecule has 2 heterocycles. The molecule has 0 aliphatic carbocycles. The van der Waals surface area contributed by atoms with Crippen molar-refractivity contribution in [2.75, 3.05) is 0 Å². The van der Waals surface area contributed by atoms with Crippen molar-refractivity contribution in [3.63, 3.8) is 0 Å². The molecule has 0 aliphatic heterocycles. The SMILES string of the molecule is Brc1csc2[se]ccc12. The third kappa shape index (κ3) is 0.926. The number of thiophene rings is 1. The Labute approximate surface area is 71.4 Å². The van der Waals surface area contributed by atoms with Crippen molar-refractivity contribution in [1.29, 1.82) is 0 Å². The van der Waals surface area contributed by atoms with Crippen LogP contribution in [0, 0.1) is 0 Å².